The van der Waals surface area contributed by atoms with Crippen molar-refractivity contribution >= 4 is 29.4 Å². The first-order chi connectivity index (χ1) is 16.7. The summed E-state index contributed by atoms with van der Waals surface area (Å²) in [6.07, 6.45) is 13.9. The minimum atomic E-state index is -0.226. The molecule has 0 saturated carbocycles. The molecule has 5 nitrogen and oxygen atoms in total. The van der Waals surface area contributed by atoms with Gasteiger partial charge in [-0.25, -0.2) is 4.79 Å². The van der Waals surface area contributed by atoms with Crippen molar-refractivity contribution in [3.63, 3.8) is 0 Å². The number of hydrogen-bond acceptors (Lipinski definition) is 5. The number of aryl methyl sites for hydroxylation is 1. The van der Waals surface area contributed by atoms with Gasteiger partial charge in [-0.3, -0.25) is 4.98 Å². The third-order valence-corrected chi connectivity index (χ3v) is 6.68. The molecular formula is C29H31N3O2. The van der Waals surface area contributed by atoms with Crippen molar-refractivity contribution in [2.75, 3.05) is 19.7 Å². The summed E-state index contributed by atoms with van der Waals surface area (Å²) in [6.45, 7) is 4.51. The lowest BCUT2D eigenvalue weighted by Gasteiger charge is -2.22. The Labute approximate surface area is 200 Å². The third-order valence-electron chi connectivity index (χ3n) is 6.68. The first-order valence-electron chi connectivity index (χ1n) is 12.2. The zero-order chi connectivity index (χ0) is 23.3. The van der Waals surface area contributed by atoms with Gasteiger partial charge in [0.2, 0.25) is 0 Å². The summed E-state index contributed by atoms with van der Waals surface area (Å²) in [7, 11) is 0. The highest BCUT2D eigenvalue weighted by Crippen LogP contribution is 2.28. The van der Waals surface area contributed by atoms with Crippen LogP contribution < -0.4 is 21.1 Å². The SMILES string of the molecule is Cc1cccc(C2=C(c3ccc4c(c3)=CC(C(=O)OCC3CCNCC3)=CCC=4)CC=CN2)n1. The van der Waals surface area contributed by atoms with Crippen LogP contribution in [0.2, 0.25) is 0 Å². The van der Waals surface area contributed by atoms with E-state index >= 15 is 0 Å². The van der Waals surface area contributed by atoms with Crippen LogP contribution in [0.4, 0.5) is 0 Å². The number of benzene rings is 1. The van der Waals surface area contributed by atoms with Crippen LogP contribution >= 0.6 is 0 Å². The molecule has 2 aliphatic heterocycles. The normalized spacial score (nSPS) is 18.1. The summed E-state index contributed by atoms with van der Waals surface area (Å²) in [6, 6.07) is 12.6. The number of ether oxygens (including phenoxy) is 1. The van der Waals surface area contributed by atoms with Gasteiger partial charge in [-0.1, -0.05) is 36.4 Å². The van der Waals surface area contributed by atoms with Gasteiger partial charge in [-0.05, 0) is 104 Å². The van der Waals surface area contributed by atoms with Crippen LogP contribution in [-0.2, 0) is 9.53 Å². The van der Waals surface area contributed by atoms with E-state index in [9.17, 15) is 4.79 Å². The van der Waals surface area contributed by atoms with Crippen LogP contribution in [0, 0.1) is 12.8 Å². The maximum atomic E-state index is 12.9. The van der Waals surface area contributed by atoms with Crippen molar-refractivity contribution in [3.8, 4) is 0 Å². The summed E-state index contributed by atoms with van der Waals surface area (Å²) in [5, 5.41) is 8.94. The number of nitrogens with zero attached hydrogens (tertiary/aromatic N) is 1. The van der Waals surface area contributed by atoms with Gasteiger partial charge >= 0.3 is 5.97 Å². The fourth-order valence-corrected chi connectivity index (χ4v) is 4.76. The van der Waals surface area contributed by atoms with E-state index in [1.807, 2.05) is 43.5 Å². The predicted octanol–water partition coefficient (Wildman–Crippen LogP) is 3.20. The molecule has 3 aliphatic rings. The molecule has 3 heterocycles. The number of piperidine rings is 1. The molecule has 174 valence electrons. The van der Waals surface area contributed by atoms with Gasteiger partial charge in [-0.15, -0.1) is 0 Å². The Hall–Kier alpha value is -3.44. The van der Waals surface area contributed by atoms with Gasteiger partial charge < -0.3 is 15.4 Å². The van der Waals surface area contributed by atoms with E-state index in [0.29, 0.717) is 24.5 Å². The van der Waals surface area contributed by atoms with Crippen LogP contribution in [0.25, 0.3) is 23.4 Å². The highest BCUT2D eigenvalue weighted by molar-refractivity contribution is 5.98. The monoisotopic (exact) mass is 453 g/mol. The van der Waals surface area contributed by atoms with Gasteiger partial charge in [-0.2, -0.15) is 0 Å². The number of aromatic nitrogens is 1. The van der Waals surface area contributed by atoms with Crippen LogP contribution in [0.3, 0.4) is 0 Å². The average Bonchev–Trinajstić information content (AvgIpc) is 3.10. The number of dihydropyridines is 1. The molecule has 5 rings (SSSR count). The van der Waals surface area contributed by atoms with Crippen molar-refractivity contribution in [3.05, 3.63) is 87.7 Å². The van der Waals surface area contributed by atoms with Gasteiger partial charge in [0.1, 0.15) is 0 Å². The molecule has 0 amide bonds. The standard InChI is InChI=1S/C29H31N3O2/c1-20-5-2-9-27(32-20)28-26(8-4-14-31-28)23-11-10-22-6-3-7-24(18-25(22)17-23)29(33)34-19-21-12-15-30-16-13-21/h2,4-7,9-11,14,17-18,21,30-31H,3,8,12-13,15-16,19H2,1H3. The molecular weight excluding hydrogens is 422 g/mol. The van der Waals surface area contributed by atoms with Gasteiger partial charge in [0.15, 0.2) is 0 Å². The maximum Gasteiger partial charge on any atom is 0.337 e. The van der Waals surface area contributed by atoms with E-state index in [1.54, 1.807) is 0 Å². The fourth-order valence-electron chi connectivity index (χ4n) is 4.76. The van der Waals surface area contributed by atoms with Crippen molar-refractivity contribution < 1.29 is 9.53 Å². The summed E-state index contributed by atoms with van der Waals surface area (Å²) in [5.74, 6) is 0.228. The molecule has 1 fully saturated rings. The molecule has 1 saturated heterocycles. The van der Waals surface area contributed by atoms with Crippen LogP contribution in [-0.4, -0.2) is 30.6 Å². The quantitative estimate of drug-likeness (QED) is 0.681. The molecule has 0 radical (unpaired) electrons. The van der Waals surface area contributed by atoms with Gasteiger partial charge in [0.05, 0.1) is 23.6 Å². The summed E-state index contributed by atoms with van der Waals surface area (Å²) >= 11 is 0. The van der Waals surface area contributed by atoms with Crippen molar-refractivity contribution in [2.45, 2.75) is 32.6 Å². The fraction of sp³-hybridized carbons (Fsp3) is 0.310. The lowest BCUT2D eigenvalue weighted by atomic mass is 9.95. The molecule has 0 spiro atoms. The van der Waals surface area contributed by atoms with Gasteiger partial charge in [0, 0.05) is 5.69 Å². The highest BCUT2D eigenvalue weighted by atomic mass is 16.5. The second-order valence-corrected chi connectivity index (χ2v) is 9.15. The van der Waals surface area contributed by atoms with Crippen LogP contribution in [0.15, 0.2) is 60.3 Å². The van der Waals surface area contributed by atoms with Gasteiger partial charge in [0.25, 0.3) is 0 Å². The van der Waals surface area contributed by atoms with E-state index < -0.39 is 0 Å². The Kier molecular flexibility index (Phi) is 6.72. The first-order valence-corrected chi connectivity index (χ1v) is 12.2. The number of allylic oxidation sites excluding steroid dienone is 3. The van der Waals surface area contributed by atoms with Crippen LogP contribution in [0.5, 0.6) is 0 Å². The van der Waals surface area contributed by atoms with E-state index in [-0.39, 0.29) is 5.97 Å². The highest BCUT2D eigenvalue weighted by Gasteiger charge is 2.18. The predicted molar refractivity (Wildman–Crippen MR) is 137 cm³/mol. The van der Waals surface area contributed by atoms with Crippen molar-refractivity contribution in [1.82, 2.24) is 15.6 Å². The molecule has 0 atom stereocenters. The summed E-state index contributed by atoms with van der Waals surface area (Å²) in [5.41, 5.74) is 5.91. The third kappa shape index (κ3) is 5.05. The lowest BCUT2D eigenvalue weighted by molar-refractivity contribution is -0.140. The number of fused-ring (bicyclic) bond motifs is 1. The molecule has 5 heteroatoms. The van der Waals surface area contributed by atoms with E-state index in [2.05, 4.69) is 41.0 Å². The molecule has 1 aromatic carbocycles. The molecule has 1 aliphatic carbocycles. The Morgan fingerprint density at radius 1 is 1.12 bits per heavy atom. The largest absolute Gasteiger partial charge is 0.462 e. The van der Waals surface area contributed by atoms with Crippen LogP contribution in [0.1, 0.15) is 42.6 Å². The Balaban J connectivity index is 1.44. The van der Waals surface area contributed by atoms with Crippen molar-refractivity contribution in [1.29, 1.82) is 0 Å². The number of rotatable bonds is 5. The molecule has 0 unspecified atom stereocenters. The van der Waals surface area contributed by atoms with E-state index in [0.717, 1.165) is 65.4 Å². The second kappa shape index (κ2) is 10.2. The minimum Gasteiger partial charge on any atom is -0.462 e. The summed E-state index contributed by atoms with van der Waals surface area (Å²) in [4.78, 5) is 17.6. The second-order valence-electron chi connectivity index (χ2n) is 9.15. The van der Waals surface area contributed by atoms with E-state index in [1.165, 1.54) is 5.57 Å². The topological polar surface area (TPSA) is 63.2 Å². The average molecular weight is 454 g/mol. The zero-order valence-corrected chi connectivity index (χ0v) is 19.6. The number of nitrogens with one attached hydrogen (secondary N) is 2. The summed E-state index contributed by atoms with van der Waals surface area (Å²) < 4.78 is 5.71. The number of pyridine rings is 1. The molecule has 2 N–H and O–H groups in total. The molecule has 34 heavy (non-hydrogen) atoms. The molecule has 1 aromatic heterocycles. The Bertz CT molecular complexity index is 1300. The lowest BCUT2D eigenvalue weighted by Crippen LogP contribution is -2.30. The zero-order valence-electron chi connectivity index (χ0n) is 19.6. The maximum absolute atomic E-state index is 12.9. The van der Waals surface area contributed by atoms with E-state index in [4.69, 9.17) is 9.72 Å². The number of esters is 1. The molecule has 0 bridgehead atoms. The number of carbonyl (C=O) groups excluding carboxylic acids is 1. The van der Waals surface area contributed by atoms with Crippen molar-refractivity contribution in [2.24, 2.45) is 5.92 Å². The molecule has 2 aromatic rings. The Morgan fingerprint density at radius 2 is 2.00 bits per heavy atom. The smallest absolute Gasteiger partial charge is 0.337 e. The number of hydrogen-bond donors (Lipinski definition) is 2. The first kappa shape index (κ1) is 22.4. The Morgan fingerprint density at radius 3 is 2.85 bits per heavy atom. The number of carbonyl (C=O) groups is 1. The minimum absolute atomic E-state index is 0.226.